The van der Waals surface area contributed by atoms with Gasteiger partial charge in [0.05, 0.1) is 18.8 Å². The van der Waals surface area contributed by atoms with Crippen LogP contribution in [0.25, 0.3) is 0 Å². The summed E-state index contributed by atoms with van der Waals surface area (Å²) in [5.41, 5.74) is 7.12. The lowest BCUT2D eigenvalue weighted by molar-refractivity contribution is 0.123. The second kappa shape index (κ2) is 7.72. The Balaban J connectivity index is 2.73. The molecule has 1 atom stereocenters. The van der Waals surface area contributed by atoms with Crippen molar-refractivity contribution in [3.8, 4) is 5.75 Å². The van der Waals surface area contributed by atoms with Gasteiger partial charge in [-0.25, -0.2) is 0 Å². The fraction of sp³-hybridized carbons (Fsp3) is 0.500. The molecule has 6 heteroatoms. The van der Waals surface area contributed by atoms with Gasteiger partial charge in [-0.3, -0.25) is 0 Å². The summed E-state index contributed by atoms with van der Waals surface area (Å²) >= 11 is 0. The van der Waals surface area contributed by atoms with Crippen LogP contribution in [0.1, 0.15) is 25.0 Å². The number of ether oxygens (including phenoxy) is 1. The van der Waals surface area contributed by atoms with Gasteiger partial charge in [-0.2, -0.15) is 0 Å². The second-order valence-corrected chi connectivity index (χ2v) is 4.96. The number of hydrogen-bond donors (Lipinski definition) is 4. The summed E-state index contributed by atoms with van der Waals surface area (Å²) in [5.74, 6) is 0.767. The van der Waals surface area contributed by atoms with Gasteiger partial charge in [0.2, 0.25) is 0 Å². The SMILES string of the molecule is COc1ccc(CNCC(O)C(C)C)cc1/C(N)=N/O. The van der Waals surface area contributed by atoms with Crippen LogP contribution in [0.4, 0.5) is 0 Å². The summed E-state index contributed by atoms with van der Waals surface area (Å²) in [6, 6.07) is 5.45. The molecule has 5 N–H and O–H groups in total. The number of oxime groups is 1. The maximum Gasteiger partial charge on any atom is 0.173 e. The Morgan fingerprint density at radius 1 is 1.45 bits per heavy atom. The van der Waals surface area contributed by atoms with E-state index < -0.39 is 0 Å². The molecule has 0 aromatic heterocycles. The van der Waals surface area contributed by atoms with E-state index >= 15 is 0 Å². The summed E-state index contributed by atoms with van der Waals surface area (Å²) in [6.45, 7) is 5.04. The minimum atomic E-state index is -0.378. The first-order chi connectivity index (χ1) is 9.49. The molecular weight excluding hydrogens is 258 g/mol. The number of hydrogen-bond acceptors (Lipinski definition) is 5. The standard InChI is InChI=1S/C14H23N3O3/c1-9(2)12(18)8-16-7-10-4-5-13(20-3)11(6-10)14(15)17-19/h4-6,9,12,16,18-19H,7-8H2,1-3H3,(H2,15,17). The average Bonchev–Trinajstić information content (AvgIpc) is 2.45. The van der Waals surface area contributed by atoms with Gasteiger partial charge in [0.15, 0.2) is 5.84 Å². The average molecular weight is 281 g/mol. The Bertz CT molecular complexity index is 461. The van der Waals surface area contributed by atoms with Gasteiger partial charge in [-0.05, 0) is 23.6 Å². The molecule has 0 saturated carbocycles. The number of amidine groups is 1. The van der Waals surface area contributed by atoms with Gasteiger partial charge in [-0.15, -0.1) is 0 Å². The van der Waals surface area contributed by atoms with Crippen molar-refractivity contribution in [3.63, 3.8) is 0 Å². The first kappa shape index (κ1) is 16.3. The molecule has 0 heterocycles. The Kier molecular flexibility index (Phi) is 6.27. The molecule has 0 aliphatic carbocycles. The molecule has 6 nitrogen and oxygen atoms in total. The highest BCUT2D eigenvalue weighted by Gasteiger charge is 2.10. The lowest BCUT2D eigenvalue weighted by Gasteiger charge is -2.15. The summed E-state index contributed by atoms with van der Waals surface area (Å²) in [5, 5.41) is 24.6. The number of methoxy groups -OCH3 is 1. The summed E-state index contributed by atoms with van der Waals surface area (Å²) in [6.07, 6.45) is -0.378. The molecular formula is C14H23N3O3. The molecule has 0 spiro atoms. The molecule has 0 amide bonds. The number of aliphatic hydroxyl groups excluding tert-OH is 1. The first-order valence-corrected chi connectivity index (χ1v) is 6.53. The molecule has 0 saturated heterocycles. The molecule has 0 fully saturated rings. The molecule has 0 bridgehead atoms. The molecule has 112 valence electrons. The van der Waals surface area contributed by atoms with Crippen LogP contribution in [0.15, 0.2) is 23.4 Å². The van der Waals surface area contributed by atoms with E-state index in [-0.39, 0.29) is 17.9 Å². The zero-order chi connectivity index (χ0) is 15.1. The first-order valence-electron chi connectivity index (χ1n) is 6.53. The van der Waals surface area contributed by atoms with Crippen LogP contribution in [0.2, 0.25) is 0 Å². The molecule has 1 rings (SSSR count). The van der Waals surface area contributed by atoms with E-state index in [2.05, 4.69) is 10.5 Å². The minimum Gasteiger partial charge on any atom is -0.496 e. The fourth-order valence-corrected chi connectivity index (χ4v) is 1.72. The van der Waals surface area contributed by atoms with Gasteiger partial charge in [-0.1, -0.05) is 25.1 Å². The molecule has 0 aliphatic rings. The van der Waals surface area contributed by atoms with Gasteiger partial charge >= 0.3 is 0 Å². The summed E-state index contributed by atoms with van der Waals surface area (Å²) in [4.78, 5) is 0. The van der Waals surface area contributed by atoms with Crippen LogP contribution in [0.5, 0.6) is 5.75 Å². The van der Waals surface area contributed by atoms with Crippen molar-refractivity contribution in [3.05, 3.63) is 29.3 Å². The van der Waals surface area contributed by atoms with Gasteiger partial charge < -0.3 is 26.1 Å². The third-order valence-corrected chi connectivity index (χ3v) is 3.10. The van der Waals surface area contributed by atoms with Crippen LogP contribution >= 0.6 is 0 Å². The summed E-state index contributed by atoms with van der Waals surface area (Å²) in [7, 11) is 1.53. The van der Waals surface area contributed by atoms with Crippen molar-refractivity contribution >= 4 is 5.84 Å². The van der Waals surface area contributed by atoms with Gasteiger partial charge in [0, 0.05) is 13.1 Å². The largest absolute Gasteiger partial charge is 0.496 e. The van der Waals surface area contributed by atoms with E-state index in [1.54, 1.807) is 12.1 Å². The number of nitrogens with one attached hydrogen (secondary N) is 1. The molecule has 20 heavy (non-hydrogen) atoms. The topological polar surface area (TPSA) is 100 Å². The van der Waals surface area contributed by atoms with Crippen molar-refractivity contribution in [1.82, 2.24) is 5.32 Å². The second-order valence-electron chi connectivity index (χ2n) is 4.96. The summed E-state index contributed by atoms with van der Waals surface area (Å²) < 4.78 is 5.17. The zero-order valence-corrected chi connectivity index (χ0v) is 12.1. The van der Waals surface area contributed by atoms with Crippen LogP contribution in [-0.4, -0.2) is 35.9 Å². The Labute approximate surface area is 119 Å². The quantitative estimate of drug-likeness (QED) is 0.257. The van der Waals surface area contributed by atoms with Crippen molar-refractivity contribution in [2.45, 2.75) is 26.5 Å². The predicted octanol–water partition coefficient (Wildman–Crippen LogP) is 0.896. The van der Waals surface area contributed by atoms with Gasteiger partial charge in [0.1, 0.15) is 5.75 Å². The smallest absolute Gasteiger partial charge is 0.173 e. The lowest BCUT2D eigenvalue weighted by atomic mass is 10.1. The number of benzene rings is 1. The van der Waals surface area contributed by atoms with E-state index in [1.807, 2.05) is 19.9 Å². The predicted molar refractivity (Wildman–Crippen MR) is 78.1 cm³/mol. The van der Waals surface area contributed by atoms with E-state index in [9.17, 15) is 5.11 Å². The maximum absolute atomic E-state index is 9.71. The lowest BCUT2D eigenvalue weighted by Crippen LogP contribution is -2.30. The monoisotopic (exact) mass is 281 g/mol. The van der Waals surface area contributed by atoms with Crippen LogP contribution in [-0.2, 0) is 6.54 Å². The molecule has 0 radical (unpaired) electrons. The van der Waals surface area contributed by atoms with Crippen LogP contribution < -0.4 is 15.8 Å². The van der Waals surface area contributed by atoms with E-state index in [4.69, 9.17) is 15.7 Å². The third-order valence-electron chi connectivity index (χ3n) is 3.10. The highest BCUT2D eigenvalue weighted by atomic mass is 16.5. The normalized spacial score (nSPS) is 13.6. The zero-order valence-electron chi connectivity index (χ0n) is 12.1. The number of nitrogens with two attached hydrogens (primary N) is 1. The van der Waals surface area contributed by atoms with Gasteiger partial charge in [0.25, 0.3) is 0 Å². The number of aliphatic hydroxyl groups is 1. The highest BCUT2D eigenvalue weighted by molar-refractivity contribution is 5.99. The molecule has 0 aliphatic heterocycles. The fourth-order valence-electron chi connectivity index (χ4n) is 1.72. The highest BCUT2D eigenvalue weighted by Crippen LogP contribution is 2.19. The van der Waals surface area contributed by atoms with Crippen molar-refractivity contribution in [2.75, 3.05) is 13.7 Å². The van der Waals surface area contributed by atoms with Crippen molar-refractivity contribution in [1.29, 1.82) is 0 Å². The van der Waals surface area contributed by atoms with Crippen molar-refractivity contribution in [2.24, 2.45) is 16.8 Å². The molecule has 1 aromatic rings. The number of nitrogens with zero attached hydrogens (tertiary/aromatic N) is 1. The van der Waals surface area contributed by atoms with Crippen molar-refractivity contribution < 1.29 is 15.1 Å². The van der Waals surface area contributed by atoms with E-state index in [0.717, 1.165) is 5.56 Å². The Morgan fingerprint density at radius 3 is 2.70 bits per heavy atom. The van der Waals surface area contributed by atoms with Crippen LogP contribution in [0, 0.1) is 5.92 Å². The molecule has 1 aromatic carbocycles. The number of rotatable bonds is 7. The Hall–Kier alpha value is -1.79. The van der Waals surface area contributed by atoms with E-state index in [1.165, 1.54) is 7.11 Å². The Morgan fingerprint density at radius 2 is 2.15 bits per heavy atom. The molecule has 1 unspecified atom stereocenters. The third kappa shape index (κ3) is 4.40. The van der Waals surface area contributed by atoms with E-state index in [0.29, 0.717) is 24.4 Å². The van der Waals surface area contributed by atoms with Crippen LogP contribution in [0.3, 0.4) is 0 Å². The minimum absolute atomic E-state index is 0.00548. The maximum atomic E-state index is 9.71.